The Morgan fingerprint density at radius 3 is 3.22 bits per heavy atom. The lowest BCUT2D eigenvalue weighted by molar-refractivity contribution is -0.146. The van der Waals surface area contributed by atoms with Crippen LogP contribution < -0.4 is 11.3 Å². The highest BCUT2D eigenvalue weighted by Gasteiger charge is 2.31. The number of nitrogens with one attached hydrogen (secondary N) is 1. The summed E-state index contributed by atoms with van der Waals surface area (Å²) in [5.74, 6) is 5.78. The number of esters is 1. The average molecular weight is 250 g/mol. The molecule has 1 atom stereocenters. The molecule has 0 bridgehead atoms. The van der Waals surface area contributed by atoms with E-state index in [1.165, 1.54) is 7.11 Å². The minimum atomic E-state index is -0.166. The predicted octanol–water partition coefficient (Wildman–Crippen LogP) is 0.505. The number of carbonyl (C=O) groups is 1. The van der Waals surface area contributed by atoms with E-state index in [9.17, 15) is 4.79 Å². The van der Waals surface area contributed by atoms with Crippen molar-refractivity contribution in [2.75, 3.05) is 19.1 Å². The zero-order valence-electron chi connectivity index (χ0n) is 10.4. The van der Waals surface area contributed by atoms with E-state index in [-0.39, 0.29) is 12.0 Å². The molecule has 1 unspecified atom stereocenters. The van der Waals surface area contributed by atoms with Crippen LogP contribution in [0.4, 0.5) is 5.82 Å². The zero-order valence-corrected chi connectivity index (χ0v) is 10.4. The maximum Gasteiger partial charge on any atom is 0.323 e. The molecule has 1 aliphatic rings. The van der Waals surface area contributed by atoms with Crippen LogP contribution in [-0.4, -0.2) is 35.5 Å². The van der Waals surface area contributed by atoms with Crippen LogP contribution in [0.2, 0.25) is 0 Å². The number of methoxy groups -OCH3 is 1. The summed E-state index contributed by atoms with van der Waals surface area (Å²) in [6.07, 6.45) is 1.86. The molecule has 0 aliphatic carbocycles. The molecular weight excluding hydrogens is 232 g/mol. The summed E-state index contributed by atoms with van der Waals surface area (Å²) in [5, 5.41) is 0. The molecule has 18 heavy (non-hydrogen) atoms. The maximum absolute atomic E-state index is 11.6. The number of carbonyl (C=O) groups excluding carboxylic acids is 1. The van der Waals surface area contributed by atoms with Crippen molar-refractivity contribution in [2.24, 2.45) is 5.84 Å². The topological polar surface area (TPSA) is 80.5 Å². The van der Waals surface area contributed by atoms with Crippen LogP contribution in [0.3, 0.4) is 0 Å². The number of pyridine rings is 1. The molecule has 1 fully saturated rings. The highest BCUT2D eigenvalue weighted by Crippen LogP contribution is 2.20. The number of ether oxygens (including phenoxy) is 1. The second kappa shape index (κ2) is 5.79. The summed E-state index contributed by atoms with van der Waals surface area (Å²) in [7, 11) is 1.43. The lowest BCUT2D eigenvalue weighted by Crippen LogP contribution is -2.36. The molecule has 0 saturated carbocycles. The fourth-order valence-corrected chi connectivity index (χ4v) is 2.27. The first-order valence-electron chi connectivity index (χ1n) is 5.99. The van der Waals surface area contributed by atoms with E-state index in [1.54, 1.807) is 6.07 Å². The highest BCUT2D eigenvalue weighted by molar-refractivity contribution is 5.75. The van der Waals surface area contributed by atoms with Gasteiger partial charge in [0, 0.05) is 6.54 Å². The normalized spacial score (nSPS) is 19.8. The number of likely N-dealkylation sites (tertiary alicyclic amines) is 1. The van der Waals surface area contributed by atoms with E-state index < -0.39 is 0 Å². The standard InChI is InChI=1S/C12H18N4O2/c1-18-12(17)10-5-3-7-16(10)8-9-4-2-6-11(14-9)15-13/h2,4,6,10H,3,5,7-8,13H2,1H3,(H,14,15). The van der Waals surface area contributed by atoms with Crippen molar-refractivity contribution in [3.63, 3.8) is 0 Å². The molecule has 6 nitrogen and oxygen atoms in total. The van der Waals surface area contributed by atoms with Crippen LogP contribution in [-0.2, 0) is 16.1 Å². The largest absolute Gasteiger partial charge is 0.468 e. The number of rotatable bonds is 4. The molecule has 0 amide bonds. The van der Waals surface area contributed by atoms with Gasteiger partial charge in [0.15, 0.2) is 0 Å². The van der Waals surface area contributed by atoms with E-state index in [4.69, 9.17) is 10.6 Å². The zero-order chi connectivity index (χ0) is 13.0. The lowest BCUT2D eigenvalue weighted by atomic mass is 10.2. The summed E-state index contributed by atoms with van der Waals surface area (Å²) in [5.41, 5.74) is 3.41. The Labute approximate surface area is 106 Å². The van der Waals surface area contributed by atoms with Gasteiger partial charge < -0.3 is 10.2 Å². The molecule has 0 radical (unpaired) electrons. The fraction of sp³-hybridized carbons (Fsp3) is 0.500. The second-order valence-electron chi connectivity index (χ2n) is 4.31. The van der Waals surface area contributed by atoms with Crippen molar-refractivity contribution >= 4 is 11.8 Å². The minimum absolute atomic E-state index is 0.147. The monoisotopic (exact) mass is 250 g/mol. The summed E-state index contributed by atoms with van der Waals surface area (Å²) < 4.78 is 4.81. The van der Waals surface area contributed by atoms with E-state index in [1.807, 2.05) is 12.1 Å². The van der Waals surface area contributed by atoms with Crippen molar-refractivity contribution in [2.45, 2.75) is 25.4 Å². The summed E-state index contributed by atoms with van der Waals surface area (Å²) in [6.45, 7) is 1.52. The number of hydrazine groups is 1. The fourth-order valence-electron chi connectivity index (χ4n) is 2.27. The van der Waals surface area contributed by atoms with Crippen LogP contribution in [0.25, 0.3) is 0 Å². The van der Waals surface area contributed by atoms with E-state index >= 15 is 0 Å². The molecule has 1 aromatic heterocycles. The third-order valence-electron chi connectivity index (χ3n) is 3.16. The molecule has 0 aromatic carbocycles. The highest BCUT2D eigenvalue weighted by atomic mass is 16.5. The molecule has 3 N–H and O–H groups in total. The quantitative estimate of drug-likeness (QED) is 0.460. The van der Waals surface area contributed by atoms with Crippen molar-refractivity contribution in [1.82, 2.24) is 9.88 Å². The van der Waals surface area contributed by atoms with Gasteiger partial charge in [0.05, 0.1) is 12.8 Å². The predicted molar refractivity (Wildman–Crippen MR) is 67.5 cm³/mol. The van der Waals surface area contributed by atoms with Crippen LogP contribution in [0, 0.1) is 0 Å². The Morgan fingerprint density at radius 2 is 2.50 bits per heavy atom. The van der Waals surface area contributed by atoms with Crippen LogP contribution >= 0.6 is 0 Å². The lowest BCUT2D eigenvalue weighted by Gasteiger charge is -2.21. The molecule has 98 valence electrons. The van der Waals surface area contributed by atoms with Gasteiger partial charge in [-0.1, -0.05) is 6.07 Å². The van der Waals surface area contributed by atoms with Crippen LogP contribution in [0.5, 0.6) is 0 Å². The molecule has 1 aliphatic heterocycles. The van der Waals surface area contributed by atoms with Gasteiger partial charge in [-0.3, -0.25) is 9.69 Å². The van der Waals surface area contributed by atoms with Gasteiger partial charge in [-0.05, 0) is 31.5 Å². The first-order chi connectivity index (χ1) is 8.74. The number of nitrogen functional groups attached to an aromatic ring is 1. The first kappa shape index (κ1) is 12.8. The number of nitrogens with two attached hydrogens (primary N) is 1. The van der Waals surface area contributed by atoms with Gasteiger partial charge in [-0.25, -0.2) is 10.8 Å². The molecule has 2 heterocycles. The number of hydrogen-bond donors (Lipinski definition) is 2. The number of anilines is 1. The SMILES string of the molecule is COC(=O)C1CCCN1Cc1cccc(NN)n1. The van der Waals surface area contributed by atoms with Crippen LogP contribution in [0.1, 0.15) is 18.5 Å². The summed E-state index contributed by atoms with van der Waals surface area (Å²) in [6, 6.07) is 5.46. The van der Waals surface area contributed by atoms with E-state index in [2.05, 4.69) is 15.3 Å². The van der Waals surface area contributed by atoms with Gasteiger partial charge >= 0.3 is 5.97 Å². The van der Waals surface area contributed by atoms with Gasteiger partial charge in [-0.2, -0.15) is 0 Å². The number of hydrogen-bond acceptors (Lipinski definition) is 6. The van der Waals surface area contributed by atoms with Gasteiger partial charge in [0.1, 0.15) is 11.9 Å². The third-order valence-corrected chi connectivity index (χ3v) is 3.16. The average Bonchev–Trinajstić information content (AvgIpc) is 2.86. The molecular formula is C12H18N4O2. The Morgan fingerprint density at radius 1 is 1.67 bits per heavy atom. The third kappa shape index (κ3) is 2.77. The minimum Gasteiger partial charge on any atom is -0.468 e. The van der Waals surface area contributed by atoms with Gasteiger partial charge in [0.2, 0.25) is 0 Å². The molecule has 1 saturated heterocycles. The molecule has 2 rings (SSSR count). The molecule has 6 heteroatoms. The second-order valence-corrected chi connectivity index (χ2v) is 4.31. The summed E-state index contributed by atoms with van der Waals surface area (Å²) >= 11 is 0. The van der Waals surface area contributed by atoms with Crippen molar-refractivity contribution in [1.29, 1.82) is 0 Å². The molecule has 0 spiro atoms. The summed E-state index contributed by atoms with van der Waals surface area (Å²) in [4.78, 5) is 18.1. The molecule has 1 aromatic rings. The Kier molecular flexibility index (Phi) is 4.11. The van der Waals surface area contributed by atoms with E-state index in [0.717, 1.165) is 25.1 Å². The smallest absolute Gasteiger partial charge is 0.323 e. The van der Waals surface area contributed by atoms with Crippen molar-refractivity contribution in [3.8, 4) is 0 Å². The van der Waals surface area contributed by atoms with Crippen molar-refractivity contribution in [3.05, 3.63) is 23.9 Å². The Bertz CT molecular complexity index is 424. The number of nitrogens with zero attached hydrogens (tertiary/aromatic N) is 2. The maximum atomic E-state index is 11.6. The van der Waals surface area contributed by atoms with Gasteiger partial charge in [0.25, 0.3) is 0 Å². The van der Waals surface area contributed by atoms with Crippen LogP contribution in [0.15, 0.2) is 18.2 Å². The number of aromatic nitrogens is 1. The van der Waals surface area contributed by atoms with E-state index in [0.29, 0.717) is 12.4 Å². The first-order valence-corrected chi connectivity index (χ1v) is 5.99. The van der Waals surface area contributed by atoms with Gasteiger partial charge in [-0.15, -0.1) is 0 Å². The Balaban J connectivity index is 2.05. The van der Waals surface area contributed by atoms with Crippen molar-refractivity contribution < 1.29 is 9.53 Å². The Hall–Kier alpha value is -1.66.